The molecule has 0 spiro atoms. The van der Waals surface area contributed by atoms with Gasteiger partial charge in [-0.2, -0.15) is 0 Å². The molecule has 5 rings (SSSR count). The number of rotatable bonds is 5. The van der Waals surface area contributed by atoms with Gasteiger partial charge in [0.25, 0.3) is 5.56 Å². The van der Waals surface area contributed by atoms with Crippen LogP contribution in [-0.4, -0.2) is 34.6 Å². The Labute approximate surface area is 190 Å². The molecule has 2 aliphatic rings. The predicted octanol–water partition coefficient (Wildman–Crippen LogP) is 3.92. The van der Waals surface area contributed by atoms with Crippen LogP contribution in [0.2, 0.25) is 0 Å². The third-order valence-corrected chi connectivity index (χ3v) is 7.54. The number of aromatic nitrogens is 2. The number of hydrogen-bond donors (Lipinski definition) is 1. The summed E-state index contributed by atoms with van der Waals surface area (Å²) in [6, 6.07) is 8.42. The van der Waals surface area contributed by atoms with Crippen LogP contribution >= 0.6 is 11.3 Å². The summed E-state index contributed by atoms with van der Waals surface area (Å²) in [4.78, 5) is 32.9. The van der Waals surface area contributed by atoms with E-state index in [4.69, 9.17) is 4.98 Å². The number of anilines is 1. The molecule has 168 valence electrons. The standard InChI is InChI=1S/C24H27FN4O2S/c25-18-7-5-16(6-8-18)15-29-23(31)21-20(11-14-32-21)27-24(29)28-12-9-17(10-13-28)22(30)26-19-3-1-2-4-19/h5-8,11,14,17,19H,1-4,9-10,12-13,15H2,(H,26,30). The number of thiophene rings is 1. The average molecular weight is 455 g/mol. The van der Waals surface area contributed by atoms with Gasteiger partial charge >= 0.3 is 0 Å². The highest BCUT2D eigenvalue weighted by Gasteiger charge is 2.29. The van der Waals surface area contributed by atoms with Crippen molar-refractivity contribution in [3.8, 4) is 0 Å². The second-order valence-corrected chi connectivity index (χ2v) is 9.73. The van der Waals surface area contributed by atoms with Gasteiger partial charge in [-0.1, -0.05) is 25.0 Å². The molecule has 0 radical (unpaired) electrons. The van der Waals surface area contributed by atoms with Crippen LogP contribution in [0.3, 0.4) is 0 Å². The van der Waals surface area contributed by atoms with Crippen molar-refractivity contribution in [3.63, 3.8) is 0 Å². The van der Waals surface area contributed by atoms with E-state index in [9.17, 15) is 14.0 Å². The Hall–Kier alpha value is -2.74. The van der Waals surface area contributed by atoms with E-state index in [-0.39, 0.29) is 23.2 Å². The van der Waals surface area contributed by atoms with Gasteiger partial charge in [0.1, 0.15) is 10.5 Å². The molecule has 1 amide bonds. The monoisotopic (exact) mass is 454 g/mol. The van der Waals surface area contributed by atoms with Crippen molar-refractivity contribution >= 4 is 33.4 Å². The highest BCUT2D eigenvalue weighted by molar-refractivity contribution is 7.17. The van der Waals surface area contributed by atoms with Crippen molar-refractivity contribution in [3.05, 3.63) is 57.4 Å². The van der Waals surface area contributed by atoms with Crippen LogP contribution < -0.4 is 15.8 Å². The van der Waals surface area contributed by atoms with Gasteiger partial charge in [0.05, 0.1) is 12.1 Å². The lowest BCUT2D eigenvalue weighted by atomic mass is 9.95. The van der Waals surface area contributed by atoms with Crippen LogP contribution in [0.25, 0.3) is 10.2 Å². The molecule has 1 aliphatic heterocycles. The quantitative estimate of drug-likeness (QED) is 0.635. The van der Waals surface area contributed by atoms with E-state index >= 15 is 0 Å². The van der Waals surface area contributed by atoms with Crippen LogP contribution in [0, 0.1) is 11.7 Å². The molecule has 0 bridgehead atoms. The lowest BCUT2D eigenvalue weighted by Gasteiger charge is -2.33. The van der Waals surface area contributed by atoms with E-state index in [2.05, 4.69) is 10.2 Å². The fraction of sp³-hybridized carbons (Fsp3) is 0.458. The first-order chi connectivity index (χ1) is 15.6. The smallest absolute Gasteiger partial charge is 0.273 e. The molecule has 32 heavy (non-hydrogen) atoms. The Bertz CT molecular complexity index is 1160. The Morgan fingerprint density at radius 1 is 1.09 bits per heavy atom. The van der Waals surface area contributed by atoms with Gasteiger partial charge in [-0.15, -0.1) is 11.3 Å². The topological polar surface area (TPSA) is 67.2 Å². The Kier molecular flexibility index (Phi) is 5.95. The molecule has 1 aromatic carbocycles. The zero-order valence-electron chi connectivity index (χ0n) is 17.9. The van der Waals surface area contributed by atoms with Crippen LogP contribution in [0.4, 0.5) is 10.3 Å². The molecule has 2 aromatic heterocycles. The van der Waals surface area contributed by atoms with Crippen molar-refractivity contribution in [1.82, 2.24) is 14.9 Å². The number of fused-ring (bicyclic) bond motifs is 1. The first kappa shape index (κ1) is 21.1. The zero-order chi connectivity index (χ0) is 22.1. The van der Waals surface area contributed by atoms with Crippen LogP contribution in [0.1, 0.15) is 44.1 Å². The fourth-order valence-corrected chi connectivity index (χ4v) is 5.60. The molecular weight excluding hydrogens is 427 g/mol. The summed E-state index contributed by atoms with van der Waals surface area (Å²) in [6.45, 7) is 1.68. The van der Waals surface area contributed by atoms with Crippen LogP contribution in [0.15, 0.2) is 40.5 Å². The molecule has 0 atom stereocenters. The number of amides is 1. The summed E-state index contributed by atoms with van der Waals surface area (Å²) in [5.41, 5.74) is 1.47. The first-order valence-corrected chi connectivity index (χ1v) is 12.2. The Balaban J connectivity index is 1.37. The maximum absolute atomic E-state index is 13.4. The summed E-state index contributed by atoms with van der Waals surface area (Å²) >= 11 is 1.39. The maximum Gasteiger partial charge on any atom is 0.273 e. The number of benzene rings is 1. The molecule has 0 unspecified atom stereocenters. The van der Waals surface area contributed by atoms with E-state index in [1.54, 1.807) is 16.7 Å². The molecule has 8 heteroatoms. The number of hydrogen-bond acceptors (Lipinski definition) is 5. The molecule has 2 fully saturated rings. The highest BCUT2D eigenvalue weighted by atomic mass is 32.1. The minimum absolute atomic E-state index is 0.00833. The number of nitrogens with one attached hydrogen (secondary N) is 1. The molecule has 6 nitrogen and oxygen atoms in total. The van der Waals surface area contributed by atoms with Gasteiger partial charge in [-0.05, 0) is 54.8 Å². The molecule has 1 saturated heterocycles. The molecule has 3 aromatic rings. The molecule has 3 heterocycles. The van der Waals surface area contributed by atoms with E-state index in [1.807, 2.05) is 11.4 Å². The minimum atomic E-state index is -0.300. The molecular formula is C24H27FN4O2S. The summed E-state index contributed by atoms with van der Waals surface area (Å²) in [7, 11) is 0. The van der Waals surface area contributed by atoms with Gasteiger partial charge in [0.2, 0.25) is 11.9 Å². The normalized spacial score (nSPS) is 17.8. The van der Waals surface area contributed by atoms with Crippen molar-refractivity contribution in [1.29, 1.82) is 0 Å². The highest BCUT2D eigenvalue weighted by Crippen LogP contribution is 2.26. The minimum Gasteiger partial charge on any atom is -0.353 e. The van der Waals surface area contributed by atoms with Crippen molar-refractivity contribution in [2.45, 2.75) is 51.1 Å². The van der Waals surface area contributed by atoms with Crippen LogP contribution in [-0.2, 0) is 11.3 Å². The number of piperidine rings is 1. The van der Waals surface area contributed by atoms with Gasteiger partial charge < -0.3 is 10.2 Å². The van der Waals surface area contributed by atoms with Crippen molar-refractivity contribution in [2.75, 3.05) is 18.0 Å². The first-order valence-electron chi connectivity index (χ1n) is 11.4. The Morgan fingerprint density at radius 3 is 2.53 bits per heavy atom. The fourth-order valence-electron chi connectivity index (χ4n) is 4.82. The lowest BCUT2D eigenvalue weighted by molar-refractivity contribution is -0.126. The van der Waals surface area contributed by atoms with E-state index in [0.29, 0.717) is 41.8 Å². The van der Waals surface area contributed by atoms with Gasteiger partial charge in [0.15, 0.2) is 0 Å². The third-order valence-electron chi connectivity index (χ3n) is 6.65. The number of carbonyl (C=O) groups excluding carboxylic acids is 1. The summed E-state index contributed by atoms with van der Waals surface area (Å²) in [5.74, 6) is 0.501. The molecule has 1 N–H and O–H groups in total. The maximum atomic E-state index is 13.4. The molecule has 1 aliphatic carbocycles. The summed E-state index contributed by atoms with van der Waals surface area (Å²) < 4.78 is 15.7. The van der Waals surface area contributed by atoms with E-state index in [1.165, 1.54) is 36.3 Å². The zero-order valence-corrected chi connectivity index (χ0v) is 18.7. The van der Waals surface area contributed by atoms with E-state index < -0.39 is 0 Å². The van der Waals surface area contributed by atoms with E-state index in [0.717, 1.165) is 31.2 Å². The molecule has 1 saturated carbocycles. The summed E-state index contributed by atoms with van der Waals surface area (Å²) in [5, 5.41) is 5.10. The average Bonchev–Trinajstić information content (AvgIpc) is 3.49. The Morgan fingerprint density at radius 2 is 1.81 bits per heavy atom. The van der Waals surface area contributed by atoms with Crippen molar-refractivity contribution < 1.29 is 9.18 Å². The predicted molar refractivity (Wildman–Crippen MR) is 125 cm³/mol. The van der Waals surface area contributed by atoms with Crippen molar-refractivity contribution in [2.24, 2.45) is 5.92 Å². The second kappa shape index (κ2) is 9.02. The number of carbonyl (C=O) groups is 1. The summed E-state index contributed by atoms with van der Waals surface area (Å²) in [6.07, 6.45) is 6.06. The third kappa shape index (κ3) is 4.28. The van der Waals surface area contributed by atoms with Gasteiger partial charge in [-0.25, -0.2) is 9.37 Å². The van der Waals surface area contributed by atoms with Gasteiger partial charge in [-0.3, -0.25) is 14.2 Å². The van der Waals surface area contributed by atoms with Crippen LogP contribution in [0.5, 0.6) is 0 Å². The number of nitrogens with zero attached hydrogens (tertiary/aromatic N) is 3. The largest absolute Gasteiger partial charge is 0.353 e. The second-order valence-electron chi connectivity index (χ2n) is 8.82. The number of halogens is 1. The van der Waals surface area contributed by atoms with Gasteiger partial charge in [0, 0.05) is 25.0 Å². The lowest BCUT2D eigenvalue weighted by Crippen LogP contribution is -2.44. The SMILES string of the molecule is O=C(NC1CCCC1)C1CCN(c2nc3ccsc3c(=O)n2Cc2ccc(F)cc2)CC1.